The number of rotatable bonds is 6. The van der Waals surface area contributed by atoms with Crippen LogP contribution >= 0.6 is 0 Å². The molecule has 0 bridgehead atoms. The number of carbonyl (C=O) groups is 1. The standard InChI is InChI=1S/C16H20O2/c1-2-3-4-11-18-16-9-6-13(7-10-16)14-5-8-15(17)12-14/h6-7,9-10,12H,2-5,8,11H2,1H3. The summed E-state index contributed by atoms with van der Waals surface area (Å²) in [4.78, 5) is 11.2. The molecule has 0 heterocycles. The Bertz CT molecular complexity index is 429. The molecule has 0 N–H and O–H groups in total. The van der Waals surface area contributed by atoms with Crippen molar-refractivity contribution in [3.8, 4) is 5.75 Å². The van der Waals surface area contributed by atoms with E-state index in [0.29, 0.717) is 6.42 Å². The molecular formula is C16H20O2. The Morgan fingerprint density at radius 3 is 2.50 bits per heavy atom. The van der Waals surface area contributed by atoms with E-state index >= 15 is 0 Å². The lowest BCUT2D eigenvalue weighted by molar-refractivity contribution is -0.114. The Labute approximate surface area is 109 Å². The van der Waals surface area contributed by atoms with Crippen LogP contribution in [0.5, 0.6) is 5.75 Å². The summed E-state index contributed by atoms with van der Waals surface area (Å²) in [5.41, 5.74) is 2.29. The van der Waals surface area contributed by atoms with E-state index in [0.717, 1.165) is 36.3 Å². The van der Waals surface area contributed by atoms with Crippen molar-refractivity contribution in [1.29, 1.82) is 0 Å². The van der Waals surface area contributed by atoms with Gasteiger partial charge in [-0.05, 0) is 42.2 Å². The van der Waals surface area contributed by atoms with Crippen molar-refractivity contribution in [2.75, 3.05) is 6.61 Å². The van der Waals surface area contributed by atoms with Gasteiger partial charge in [-0.1, -0.05) is 31.9 Å². The molecule has 0 amide bonds. The zero-order valence-corrected chi connectivity index (χ0v) is 10.9. The molecule has 1 aliphatic rings. The van der Waals surface area contributed by atoms with E-state index in [9.17, 15) is 4.79 Å². The van der Waals surface area contributed by atoms with Crippen LogP contribution in [0.1, 0.15) is 44.6 Å². The van der Waals surface area contributed by atoms with Gasteiger partial charge in [-0.25, -0.2) is 0 Å². The van der Waals surface area contributed by atoms with E-state index in [-0.39, 0.29) is 5.78 Å². The zero-order valence-electron chi connectivity index (χ0n) is 10.9. The third kappa shape index (κ3) is 3.46. The van der Waals surface area contributed by atoms with Crippen LogP contribution in [-0.4, -0.2) is 12.4 Å². The number of hydrogen-bond acceptors (Lipinski definition) is 2. The quantitative estimate of drug-likeness (QED) is 0.707. The second-order valence-electron chi connectivity index (χ2n) is 4.72. The van der Waals surface area contributed by atoms with Crippen LogP contribution in [0.4, 0.5) is 0 Å². The second kappa shape index (κ2) is 6.39. The average molecular weight is 244 g/mol. The van der Waals surface area contributed by atoms with Gasteiger partial charge in [0.25, 0.3) is 0 Å². The summed E-state index contributed by atoms with van der Waals surface area (Å²) < 4.78 is 5.66. The first-order valence-corrected chi connectivity index (χ1v) is 6.76. The maximum absolute atomic E-state index is 11.2. The highest BCUT2D eigenvalue weighted by molar-refractivity contribution is 6.01. The van der Waals surface area contributed by atoms with Crippen molar-refractivity contribution >= 4 is 11.4 Å². The first-order chi connectivity index (χ1) is 8.79. The van der Waals surface area contributed by atoms with Crippen LogP contribution in [0, 0.1) is 0 Å². The molecule has 1 aromatic rings. The minimum atomic E-state index is 0.241. The smallest absolute Gasteiger partial charge is 0.156 e. The number of benzene rings is 1. The molecule has 1 aliphatic carbocycles. The van der Waals surface area contributed by atoms with Gasteiger partial charge in [0.2, 0.25) is 0 Å². The highest BCUT2D eigenvalue weighted by Crippen LogP contribution is 2.27. The van der Waals surface area contributed by atoms with E-state index in [2.05, 4.69) is 6.92 Å². The molecule has 0 aromatic heterocycles. The third-order valence-corrected chi connectivity index (χ3v) is 3.22. The molecule has 0 spiro atoms. The van der Waals surface area contributed by atoms with E-state index in [4.69, 9.17) is 4.74 Å². The largest absolute Gasteiger partial charge is 0.494 e. The van der Waals surface area contributed by atoms with Gasteiger partial charge in [-0.15, -0.1) is 0 Å². The Kier molecular flexibility index (Phi) is 4.57. The molecule has 2 nitrogen and oxygen atoms in total. The number of allylic oxidation sites excluding steroid dienone is 2. The number of ether oxygens (including phenoxy) is 1. The molecular weight excluding hydrogens is 224 g/mol. The van der Waals surface area contributed by atoms with Crippen LogP contribution in [0.25, 0.3) is 5.57 Å². The van der Waals surface area contributed by atoms with Crippen LogP contribution in [0.2, 0.25) is 0 Å². The average Bonchev–Trinajstić information content (AvgIpc) is 2.82. The monoisotopic (exact) mass is 244 g/mol. The van der Waals surface area contributed by atoms with Gasteiger partial charge in [0.15, 0.2) is 5.78 Å². The Balaban J connectivity index is 1.89. The first kappa shape index (κ1) is 12.9. The molecule has 0 fully saturated rings. The third-order valence-electron chi connectivity index (χ3n) is 3.22. The molecule has 0 unspecified atom stereocenters. The SMILES string of the molecule is CCCCCOc1ccc(C2=CC(=O)CC2)cc1. The predicted molar refractivity (Wildman–Crippen MR) is 73.7 cm³/mol. The summed E-state index contributed by atoms with van der Waals surface area (Å²) >= 11 is 0. The lowest BCUT2D eigenvalue weighted by Crippen LogP contribution is -1.96. The summed E-state index contributed by atoms with van der Waals surface area (Å²) in [5, 5.41) is 0. The van der Waals surface area contributed by atoms with Crippen LogP contribution in [0.3, 0.4) is 0 Å². The van der Waals surface area contributed by atoms with Crippen molar-refractivity contribution in [3.63, 3.8) is 0 Å². The summed E-state index contributed by atoms with van der Waals surface area (Å²) in [5.74, 6) is 1.16. The molecule has 2 heteroatoms. The van der Waals surface area contributed by atoms with Crippen molar-refractivity contribution in [3.05, 3.63) is 35.9 Å². The maximum atomic E-state index is 11.2. The summed E-state index contributed by atoms with van der Waals surface area (Å²) in [7, 11) is 0. The summed E-state index contributed by atoms with van der Waals surface area (Å²) in [6, 6.07) is 8.06. The summed E-state index contributed by atoms with van der Waals surface area (Å²) in [6.45, 7) is 2.97. The molecule has 0 aliphatic heterocycles. The number of carbonyl (C=O) groups excluding carboxylic acids is 1. The Morgan fingerprint density at radius 2 is 1.89 bits per heavy atom. The van der Waals surface area contributed by atoms with Gasteiger partial charge < -0.3 is 4.74 Å². The maximum Gasteiger partial charge on any atom is 0.156 e. The normalized spacial score (nSPS) is 14.7. The minimum Gasteiger partial charge on any atom is -0.494 e. The molecule has 1 aromatic carbocycles. The lowest BCUT2D eigenvalue weighted by Gasteiger charge is -2.07. The van der Waals surface area contributed by atoms with E-state index in [1.54, 1.807) is 6.08 Å². The van der Waals surface area contributed by atoms with Crippen molar-refractivity contribution in [1.82, 2.24) is 0 Å². The molecule has 0 radical (unpaired) electrons. The summed E-state index contributed by atoms with van der Waals surface area (Å²) in [6.07, 6.45) is 6.83. The van der Waals surface area contributed by atoms with Crippen molar-refractivity contribution in [2.45, 2.75) is 39.0 Å². The van der Waals surface area contributed by atoms with E-state index in [1.165, 1.54) is 12.8 Å². The van der Waals surface area contributed by atoms with Gasteiger partial charge in [0.05, 0.1) is 6.61 Å². The predicted octanol–water partition coefficient (Wildman–Crippen LogP) is 4.00. The fourth-order valence-electron chi connectivity index (χ4n) is 2.13. The van der Waals surface area contributed by atoms with Crippen LogP contribution in [-0.2, 0) is 4.79 Å². The number of ketones is 1. The number of unbranched alkanes of at least 4 members (excludes halogenated alkanes) is 2. The fourth-order valence-corrected chi connectivity index (χ4v) is 2.13. The second-order valence-corrected chi connectivity index (χ2v) is 4.72. The molecule has 2 rings (SSSR count). The topological polar surface area (TPSA) is 26.3 Å². The van der Waals surface area contributed by atoms with Gasteiger partial charge in [-0.2, -0.15) is 0 Å². The first-order valence-electron chi connectivity index (χ1n) is 6.76. The highest BCUT2D eigenvalue weighted by Gasteiger charge is 2.13. The van der Waals surface area contributed by atoms with Gasteiger partial charge in [-0.3, -0.25) is 4.79 Å². The highest BCUT2D eigenvalue weighted by atomic mass is 16.5. The van der Waals surface area contributed by atoms with E-state index < -0.39 is 0 Å². The van der Waals surface area contributed by atoms with Gasteiger partial charge in [0, 0.05) is 6.42 Å². The minimum absolute atomic E-state index is 0.241. The van der Waals surface area contributed by atoms with Crippen LogP contribution in [0.15, 0.2) is 30.3 Å². The molecule has 96 valence electrons. The Hall–Kier alpha value is -1.57. The van der Waals surface area contributed by atoms with Gasteiger partial charge >= 0.3 is 0 Å². The van der Waals surface area contributed by atoms with Crippen molar-refractivity contribution in [2.24, 2.45) is 0 Å². The van der Waals surface area contributed by atoms with Gasteiger partial charge in [0.1, 0.15) is 5.75 Å². The Morgan fingerprint density at radius 1 is 1.11 bits per heavy atom. The van der Waals surface area contributed by atoms with E-state index in [1.807, 2.05) is 24.3 Å². The lowest BCUT2D eigenvalue weighted by atomic mass is 10.1. The van der Waals surface area contributed by atoms with Crippen molar-refractivity contribution < 1.29 is 9.53 Å². The van der Waals surface area contributed by atoms with Crippen LogP contribution < -0.4 is 4.74 Å². The number of hydrogen-bond donors (Lipinski definition) is 0. The molecule has 18 heavy (non-hydrogen) atoms. The molecule has 0 saturated carbocycles. The fraction of sp³-hybridized carbons (Fsp3) is 0.438. The molecule has 0 atom stereocenters. The molecule has 0 saturated heterocycles. The zero-order chi connectivity index (χ0) is 12.8.